The van der Waals surface area contributed by atoms with Crippen LogP contribution in [-0.4, -0.2) is 18.0 Å². The van der Waals surface area contributed by atoms with Gasteiger partial charge in [0.15, 0.2) is 0 Å². The Morgan fingerprint density at radius 1 is 1.40 bits per heavy atom. The molecule has 20 heavy (non-hydrogen) atoms. The first-order valence-electron chi connectivity index (χ1n) is 6.56. The van der Waals surface area contributed by atoms with Crippen LogP contribution in [0.1, 0.15) is 24.3 Å². The zero-order chi connectivity index (χ0) is 14.5. The second kappa shape index (κ2) is 6.88. The molecule has 0 fully saturated rings. The van der Waals surface area contributed by atoms with Gasteiger partial charge in [0.05, 0.1) is 12.8 Å². The summed E-state index contributed by atoms with van der Waals surface area (Å²) in [5.74, 6) is 0.507. The van der Waals surface area contributed by atoms with Gasteiger partial charge in [-0.15, -0.1) is 0 Å². The summed E-state index contributed by atoms with van der Waals surface area (Å²) >= 11 is 5.92. The van der Waals surface area contributed by atoms with Crippen LogP contribution in [0.2, 0.25) is 5.02 Å². The van der Waals surface area contributed by atoms with E-state index in [-0.39, 0.29) is 11.9 Å². The number of benzene rings is 1. The van der Waals surface area contributed by atoms with Gasteiger partial charge in [-0.25, -0.2) is 4.39 Å². The molecule has 0 bridgehead atoms. The Morgan fingerprint density at radius 2 is 2.20 bits per heavy atom. The summed E-state index contributed by atoms with van der Waals surface area (Å²) in [6.07, 6.45) is 1.64. The third-order valence-corrected chi connectivity index (χ3v) is 3.50. The Labute approximate surface area is 123 Å². The number of nitrogens with two attached hydrogens (primary N) is 1. The molecule has 0 spiro atoms. The summed E-state index contributed by atoms with van der Waals surface area (Å²) in [4.78, 5) is 2.13. The van der Waals surface area contributed by atoms with E-state index in [2.05, 4.69) is 4.90 Å². The van der Waals surface area contributed by atoms with Crippen molar-refractivity contribution in [1.29, 1.82) is 0 Å². The summed E-state index contributed by atoms with van der Waals surface area (Å²) in [5.41, 5.74) is 6.66. The number of hydrogen-bond acceptors (Lipinski definition) is 3. The molecule has 3 nitrogen and oxygen atoms in total. The van der Waals surface area contributed by atoms with Gasteiger partial charge in [-0.2, -0.15) is 0 Å². The van der Waals surface area contributed by atoms with Crippen molar-refractivity contribution in [1.82, 2.24) is 4.90 Å². The molecule has 1 aromatic carbocycles. The third kappa shape index (κ3) is 3.60. The SMILES string of the molecule is CCN(Cc1ccco1)C(CN)c1cc(F)cc(Cl)c1. The van der Waals surface area contributed by atoms with Crippen LogP contribution in [0.15, 0.2) is 41.0 Å². The molecule has 0 amide bonds. The second-order valence-electron chi connectivity index (χ2n) is 4.60. The molecule has 1 atom stereocenters. The smallest absolute Gasteiger partial charge is 0.125 e. The van der Waals surface area contributed by atoms with Crippen LogP contribution in [0, 0.1) is 5.82 Å². The van der Waals surface area contributed by atoms with Crippen LogP contribution in [0.25, 0.3) is 0 Å². The first-order valence-corrected chi connectivity index (χ1v) is 6.94. The molecule has 2 aromatic rings. The number of rotatable bonds is 6. The van der Waals surface area contributed by atoms with E-state index in [9.17, 15) is 4.39 Å². The van der Waals surface area contributed by atoms with Crippen molar-refractivity contribution in [3.05, 3.63) is 58.8 Å². The quantitative estimate of drug-likeness (QED) is 0.886. The Kier molecular flexibility index (Phi) is 5.17. The van der Waals surface area contributed by atoms with Crippen molar-refractivity contribution in [3.63, 3.8) is 0 Å². The fraction of sp³-hybridized carbons (Fsp3) is 0.333. The Bertz CT molecular complexity index is 525. The molecular weight excluding hydrogens is 279 g/mol. The van der Waals surface area contributed by atoms with Gasteiger partial charge in [0, 0.05) is 17.6 Å². The highest BCUT2D eigenvalue weighted by atomic mass is 35.5. The van der Waals surface area contributed by atoms with Gasteiger partial charge in [0.1, 0.15) is 11.6 Å². The van der Waals surface area contributed by atoms with Crippen molar-refractivity contribution in [2.24, 2.45) is 5.73 Å². The number of furan rings is 1. The van der Waals surface area contributed by atoms with E-state index in [1.54, 1.807) is 12.3 Å². The summed E-state index contributed by atoms with van der Waals surface area (Å²) in [6.45, 7) is 3.82. The number of likely N-dealkylation sites (N-methyl/N-ethyl adjacent to an activating group) is 1. The predicted octanol–water partition coefficient (Wildman–Crippen LogP) is 3.59. The van der Waals surface area contributed by atoms with Crippen molar-refractivity contribution in [2.75, 3.05) is 13.1 Å². The summed E-state index contributed by atoms with van der Waals surface area (Å²) in [6, 6.07) is 8.19. The van der Waals surface area contributed by atoms with E-state index < -0.39 is 0 Å². The standard InChI is InChI=1S/C15H18ClFN2O/c1-2-19(10-14-4-3-5-20-14)15(9-18)11-6-12(16)8-13(17)7-11/h3-8,15H,2,9-10,18H2,1H3. The zero-order valence-electron chi connectivity index (χ0n) is 11.4. The Hall–Kier alpha value is -1.36. The van der Waals surface area contributed by atoms with Crippen LogP contribution in [0.3, 0.4) is 0 Å². The Morgan fingerprint density at radius 3 is 2.75 bits per heavy atom. The van der Waals surface area contributed by atoms with Crippen molar-refractivity contribution >= 4 is 11.6 Å². The molecule has 108 valence electrons. The summed E-state index contributed by atoms with van der Waals surface area (Å²) < 4.78 is 18.9. The lowest BCUT2D eigenvalue weighted by Gasteiger charge is -2.29. The molecule has 5 heteroatoms. The maximum absolute atomic E-state index is 13.5. The minimum absolute atomic E-state index is 0.0988. The van der Waals surface area contributed by atoms with Gasteiger partial charge in [0.25, 0.3) is 0 Å². The molecule has 0 saturated heterocycles. The van der Waals surface area contributed by atoms with Crippen molar-refractivity contribution in [2.45, 2.75) is 19.5 Å². The highest BCUT2D eigenvalue weighted by Crippen LogP contribution is 2.25. The number of hydrogen-bond donors (Lipinski definition) is 1. The van der Waals surface area contributed by atoms with E-state index in [0.29, 0.717) is 18.1 Å². The van der Waals surface area contributed by atoms with Gasteiger partial charge in [0.2, 0.25) is 0 Å². The van der Waals surface area contributed by atoms with Crippen LogP contribution in [0.5, 0.6) is 0 Å². The second-order valence-corrected chi connectivity index (χ2v) is 5.03. The van der Waals surface area contributed by atoms with E-state index in [0.717, 1.165) is 17.9 Å². The first-order chi connectivity index (χ1) is 9.63. The zero-order valence-corrected chi connectivity index (χ0v) is 12.1. The average molecular weight is 297 g/mol. The van der Waals surface area contributed by atoms with E-state index >= 15 is 0 Å². The van der Waals surface area contributed by atoms with Gasteiger partial charge < -0.3 is 10.2 Å². The minimum Gasteiger partial charge on any atom is -0.468 e. The lowest BCUT2D eigenvalue weighted by atomic mass is 10.0. The van der Waals surface area contributed by atoms with E-state index in [4.69, 9.17) is 21.8 Å². The van der Waals surface area contributed by atoms with E-state index in [1.165, 1.54) is 12.1 Å². The minimum atomic E-state index is -0.347. The largest absolute Gasteiger partial charge is 0.468 e. The summed E-state index contributed by atoms with van der Waals surface area (Å²) in [7, 11) is 0. The molecule has 2 N–H and O–H groups in total. The lowest BCUT2D eigenvalue weighted by molar-refractivity contribution is 0.187. The maximum Gasteiger partial charge on any atom is 0.125 e. The fourth-order valence-electron chi connectivity index (χ4n) is 2.31. The topological polar surface area (TPSA) is 42.4 Å². The van der Waals surface area contributed by atoms with Crippen molar-refractivity contribution < 1.29 is 8.81 Å². The van der Waals surface area contributed by atoms with Gasteiger partial charge in [-0.05, 0) is 42.4 Å². The highest BCUT2D eigenvalue weighted by molar-refractivity contribution is 6.30. The van der Waals surface area contributed by atoms with Crippen LogP contribution < -0.4 is 5.73 Å². The predicted molar refractivity (Wildman–Crippen MR) is 78.0 cm³/mol. The molecule has 1 heterocycles. The number of halogens is 2. The fourth-order valence-corrected chi connectivity index (χ4v) is 2.54. The highest BCUT2D eigenvalue weighted by Gasteiger charge is 2.20. The first kappa shape index (κ1) is 15.0. The normalized spacial score (nSPS) is 12.8. The molecule has 0 aliphatic heterocycles. The lowest BCUT2D eigenvalue weighted by Crippen LogP contribution is -2.33. The van der Waals surface area contributed by atoms with Crippen LogP contribution >= 0.6 is 11.6 Å². The molecule has 1 aromatic heterocycles. The molecule has 1 unspecified atom stereocenters. The monoisotopic (exact) mass is 296 g/mol. The van der Waals surface area contributed by atoms with Gasteiger partial charge in [-0.1, -0.05) is 18.5 Å². The van der Waals surface area contributed by atoms with Gasteiger partial charge in [-0.3, -0.25) is 4.90 Å². The third-order valence-electron chi connectivity index (χ3n) is 3.28. The molecular formula is C15H18ClFN2O. The molecule has 0 saturated carbocycles. The van der Waals surface area contributed by atoms with E-state index in [1.807, 2.05) is 19.1 Å². The van der Waals surface area contributed by atoms with Crippen LogP contribution in [0.4, 0.5) is 4.39 Å². The Balaban J connectivity index is 2.24. The maximum atomic E-state index is 13.5. The summed E-state index contributed by atoms with van der Waals surface area (Å²) in [5, 5.41) is 0.382. The number of nitrogens with zero attached hydrogens (tertiary/aromatic N) is 1. The average Bonchev–Trinajstić information content (AvgIpc) is 2.90. The molecule has 0 aliphatic rings. The van der Waals surface area contributed by atoms with Crippen molar-refractivity contribution in [3.8, 4) is 0 Å². The molecule has 0 aliphatic carbocycles. The van der Waals surface area contributed by atoms with Crippen LogP contribution in [-0.2, 0) is 6.54 Å². The molecule has 0 radical (unpaired) electrons. The van der Waals surface area contributed by atoms with Gasteiger partial charge >= 0.3 is 0 Å². The molecule has 2 rings (SSSR count).